The van der Waals surface area contributed by atoms with Crippen LogP contribution in [0.2, 0.25) is 0 Å². The van der Waals surface area contributed by atoms with E-state index in [0.29, 0.717) is 5.56 Å². The molecule has 2 aromatic rings. The van der Waals surface area contributed by atoms with E-state index < -0.39 is 29.2 Å². The second-order valence-corrected chi connectivity index (χ2v) is 6.06. The van der Waals surface area contributed by atoms with Crippen molar-refractivity contribution in [3.63, 3.8) is 0 Å². The lowest BCUT2D eigenvalue weighted by Crippen LogP contribution is -2.35. The SMILES string of the molecule is Cc1ccccc1C(CC(=O)Nc1nnc(C(F)(F)F)s1)NC(N)=O. The van der Waals surface area contributed by atoms with E-state index in [1.165, 1.54) is 0 Å². The number of nitrogens with two attached hydrogens (primary N) is 1. The number of nitrogens with zero attached hydrogens (tertiary/aromatic N) is 2. The van der Waals surface area contributed by atoms with Crippen molar-refractivity contribution in [2.75, 3.05) is 5.32 Å². The van der Waals surface area contributed by atoms with Gasteiger partial charge in [-0.05, 0) is 18.1 Å². The van der Waals surface area contributed by atoms with Crippen molar-refractivity contribution < 1.29 is 22.8 Å². The molecule has 1 aromatic heterocycles. The first-order valence-corrected chi connectivity index (χ1v) is 7.80. The highest BCUT2D eigenvalue weighted by molar-refractivity contribution is 7.15. The van der Waals surface area contributed by atoms with Crippen LogP contribution in [-0.2, 0) is 11.0 Å². The number of halogens is 3. The van der Waals surface area contributed by atoms with Gasteiger partial charge in [-0.2, -0.15) is 13.2 Å². The molecule has 1 atom stereocenters. The van der Waals surface area contributed by atoms with Crippen LogP contribution in [0.1, 0.15) is 28.6 Å². The Bertz CT molecular complexity index is 778. The number of anilines is 1. The first-order valence-electron chi connectivity index (χ1n) is 6.99. The van der Waals surface area contributed by atoms with Crippen molar-refractivity contribution in [2.45, 2.75) is 25.6 Å². The number of rotatable bonds is 5. The number of amides is 3. The van der Waals surface area contributed by atoms with Crippen LogP contribution < -0.4 is 16.4 Å². The molecule has 1 unspecified atom stereocenters. The molecule has 0 bridgehead atoms. The minimum Gasteiger partial charge on any atom is -0.352 e. The number of carbonyl (C=O) groups excluding carboxylic acids is 2. The van der Waals surface area contributed by atoms with E-state index in [4.69, 9.17) is 5.73 Å². The van der Waals surface area contributed by atoms with E-state index in [1.54, 1.807) is 31.2 Å². The molecule has 3 amide bonds. The molecule has 0 radical (unpaired) electrons. The van der Waals surface area contributed by atoms with E-state index >= 15 is 0 Å². The van der Waals surface area contributed by atoms with Gasteiger partial charge in [0.05, 0.1) is 12.5 Å². The summed E-state index contributed by atoms with van der Waals surface area (Å²) in [7, 11) is 0. The predicted octanol–water partition coefficient (Wildman–Crippen LogP) is 2.60. The second kappa shape index (κ2) is 7.47. The number of benzene rings is 1. The van der Waals surface area contributed by atoms with Gasteiger partial charge >= 0.3 is 12.2 Å². The molecule has 0 aliphatic rings. The minimum atomic E-state index is -4.63. The third-order valence-electron chi connectivity index (χ3n) is 3.18. The van der Waals surface area contributed by atoms with Crippen molar-refractivity contribution >= 4 is 28.4 Å². The zero-order valence-corrected chi connectivity index (χ0v) is 13.7. The normalized spacial score (nSPS) is 12.5. The lowest BCUT2D eigenvalue weighted by Gasteiger charge is -2.19. The lowest BCUT2D eigenvalue weighted by molar-refractivity contribution is -0.138. The molecule has 0 spiro atoms. The number of aryl methyl sites for hydroxylation is 1. The fourth-order valence-electron chi connectivity index (χ4n) is 2.13. The fourth-order valence-corrected chi connectivity index (χ4v) is 2.76. The maximum Gasteiger partial charge on any atom is 0.445 e. The Balaban J connectivity index is 2.11. The number of carbonyl (C=O) groups is 2. The molecule has 134 valence electrons. The van der Waals surface area contributed by atoms with E-state index in [-0.39, 0.29) is 22.9 Å². The van der Waals surface area contributed by atoms with Crippen LogP contribution in [0.3, 0.4) is 0 Å². The Morgan fingerprint density at radius 3 is 2.52 bits per heavy atom. The number of nitrogens with one attached hydrogen (secondary N) is 2. The zero-order chi connectivity index (χ0) is 18.6. The first-order chi connectivity index (χ1) is 11.7. The van der Waals surface area contributed by atoms with Crippen LogP contribution in [0.5, 0.6) is 0 Å². The Morgan fingerprint density at radius 1 is 1.28 bits per heavy atom. The molecule has 0 fully saturated rings. The summed E-state index contributed by atoms with van der Waals surface area (Å²) in [6.07, 6.45) is -4.85. The van der Waals surface area contributed by atoms with Crippen LogP contribution in [0.4, 0.5) is 23.1 Å². The maximum absolute atomic E-state index is 12.5. The van der Waals surface area contributed by atoms with E-state index in [2.05, 4.69) is 20.8 Å². The van der Waals surface area contributed by atoms with Gasteiger partial charge in [-0.25, -0.2) is 4.79 Å². The highest BCUT2D eigenvalue weighted by Crippen LogP contribution is 2.33. The highest BCUT2D eigenvalue weighted by atomic mass is 32.1. The monoisotopic (exact) mass is 373 g/mol. The molecule has 7 nitrogen and oxygen atoms in total. The third-order valence-corrected chi connectivity index (χ3v) is 4.07. The number of urea groups is 1. The predicted molar refractivity (Wildman–Crippen MR) is 84.8 cm³/mol. The fraction of sp³-hybridized carbons (Fsp3) is 0.286. The van der Waals surface area contributed by atoms with Gasteiger partial charge in [-0.15, -0.1) is 10.2 Å². The van der Waals surface area contributed by atoms with Gasteiger partial charge in [0.1, 0.15) is 0 Å². The summed E-state index contributed by atoms with van der Waals surface area (Å²) in [6.45, 7) is 1.79. The molecule has 11 heteroatoms. The molecule has 0 saturated carbocycles. The molecule has 0 aliphatic heterocycles. The van der Waals surface area contributed by atoms with Gasteiger partial charge in [0.15, 0.2) is 0 Å². The molecule has 0 saturated heterocycles. The van der Waals surface area contributed by atoms with Crippen molar-refractivity contribution in [3.05, 3.63) is 40.4 Å². The van der Waals surface area contributed by atoms with E-state index in [0.717, 1.165) is 5.56 Å². The summed E-state index contributed by atoms with van der Waals surface area (Å²) < 4.78 is 37.5. The van der Waals surface area contributed by atoms with Gasteiger partial charge in [0, 0.05) is 0 Å². The average Bonchev–Trinajstić information content (AvgIpc) is 2.95. The quantitative estimate of drug-likeness (QED) is 0.748. The third kappa shape index (κ3) is 5.14. The van der Waals surface area contributed by atoms with Gasteiger partial charge in [0.25, 0.3) is 0 Å². The number of hydrogen-bond acceptors (Lipinski definition) is 5. The molecular weight excluding hydrogens is 359 g/mol. The van der Waals surface area contributed by atoms with Gasteiger partial charge < -0.3 is 16.4 Å². The number of aromatic nitrogens is 2. The summed E-state index contributed by atoms with van der Waals surface area (Å²) >= 11 is 0.217. The molecule has 2 rings (SSSR count). The first kappa shape index (κ1) is 18.6. The van der Waals surface area contributed by atoms with Crippen molar-refractivity contribution in [2.24, 2.45) is 5.73 Å². The average molecular weight is 373 g/mol. The number of alkyl halides is 3. The summed E-state index contributed by atoms with van der Waals surface area (Å²) in [5, 5.41) is 9.52. The Hall–Kier alpha value is -2.69. The van der Waals surface area contributed by atoms with Gasteiger partial charge in [-0.3, -0.25) is 4.79 Å². The smallest absolute Gasteiger partial charge is 0.352 e. The Kier molecular flexibility index (Phi) is 5.57. The molecule has 1 heterocycles. The van der Waals surface area contributed by atoms with E-state index in [1.807, 2.05) is 0 Å². The summed E-state index contributed by atoms with van der Waals surface area (Å²) in [6, 6.07) is 5.49. The van der Waals surface area contributed by atoms with Crippen LogP contribution >= 0.6 is 11.3 Å². The summed E-state index contributed by atoms with van der Waals surface area (Å²) in [4.78, 5) is 23.3. The largest absolute Gasteiger partial charge is 0.445 e. The van der Waals surface area contributed by atoms with Crippen LogP contribution in [0, 0.1) is 6.92 Å². The van der Waals surface area contributed by atoms with Crippen molar-refractivity contribution in [1.82, 2.24) is 15.5 Å². The molecule has 0 aliphatic carbocycles. The second-order valence-electron chi connectivity index (χ2n) is 5.08. The molecule has 1 aromatic carbocycles. The van der Waals surface area contributed by atoms with Gasteiger partial charge in [0.2, 0.25) is 16.0 Å². The van der Waals surface area contributed by atoms with Crippen molar-refractivity contribution in [3.8, 4) is 0 Å². The van der Waals surface area contributed by atoms with Crippen molar-refractivity contribution in [1.29, 1.82) is 0 Å². The van der Waals surface area contributed by atoms with Gasteiger partial charge in [-0.1, -0.05) is 35.6 Å². The highest BCUT2D eigenvalue weighted by Gasteiger charge is 2.35. The lowest BCUT2D eigenvalue weighted by atomic mass is 9.98. The summed E-state index contributed by atoms with van der Waals surface area (Å²) in [5.74, 6) is -0.633. The van der Waals surface area contributed by atoms with Crippen LogP contribution in [-0.4, -0.2) is 22.1 Å². The van der Waals surface area contributed by atoms with Crippen LogP contribution in [0.25, 0.3) is 0 Å². The zero-order valence-electron chi connectivity index (χ0n) is 12.9. The number of hydrogen-bond donors (Lipinski definition) is 3. The maximum atomic E-state index is 12.5. The number of primary amides is 1. The minimum absolute atomic E-state index is 0.217. The summed E-state index contributed by atoms with van der Waals surface area (Å²) in [5.41, 5.74) is 6.63. The standard InChI is InChI=1S/C14H14F3N5O2S/c1-7-4-2-3-5-8(7)9(19-12(18)24)6-10(23)20-13-22-21-11(25-13)14(15,16)17/h2-5,9H,6H2,1H3,(H3,18,19,24)(H,20,22,23). The molecule has 25 heavy (non-hydrogen) atoms. The topological polar surface area (TPSA) is 110 Å². The van der Waals surface area contributed by atoms with E-state index in [9.17, 15) is 22.8 Å². The molecule has 4 N–H and O–H groups in total. The van der Waals surface area contributed by atoms with Crippen LogP contribution in [0.15, 0.2) is 24.3 Å². The Morgan fingerprint density at radius 2 is 1.96 bits per heavy atom. The molecular formula is C14H14F3N5O2S. The Labute approximate surface area is 144 Å².